The van der Waals surface area contributed by atoms with E-state index in [4.69, 9.17) is 8.85 Å². The van der Waals surface area contributed by atoms with Gasteiger partial charge in [-0.05, 0) is 129 Å². The molecule has 0 aromatic rings. The van der Waals surface area contributed by atoms with Crippen molar-refractivity contribution in [3.05, 3.63) is 35.5 Å². The van der Waals surface area contributed by atoms with Gasteiger partial charge in [0.15, 0.2) is 16.6 Å². The first-order valence-corrected chi connectivity index (χ1v) is 24.0. The maximum Gasteiger partial charge on any atom is 0.192 e. The molecule has 0 unspecified atom stereocenters. The summed E-state index contributed by atoms with van der Waals surface area (Å²) in [6.45, 7) is 36.0. The summed E-state index contributed by atoms with van der Waals surface area (Å²) in [7, 11) is -3.95. The number of aliphatic hydroxyl groups is 1. The van der Waals surface area contributed by atoms with Crippen LogP contribution in [0.2, 0.25) is 36.3 Å². The largest absolute Gasteiger partial charge is 0.410 e. The first kappa shape index (κ1) is 38.0. The van der Waals surface area contributed by atoms with Crippen molar-refractivity contribution in [2.24, 2.45) is 29.1 Å². The summed E-state index contributed by atoms with van der Waals surface area (Å²) in [6, 6.07) is 0. The predicted octanol–water partition coefficient (Wildman–Crippen LogP) is 11.6. The zero-order chi connectivity index (χ0) is 33.3. The Morgan fingerprint density at radius 2 is 1.50 bits per heavy atom. The first-order chi connectivity index (χ1) is 20.2. The molecule has 7 atom stereocenters. The number of fused-ring (bicyclic) bond motifs is 1. The third kappa shape index (κ3) is 8.33. The van der Waals surface area contributed by atoms with Crippen molar-refractivity contribution in [3.8, 4) is 0 Å². The lowest BCUT2D eigenvalue weighted by Crippen LogP contribution is -2.49. The van der Waals surface area contributed by atoms with Crippen molar-refractivity contribution in [3.63, 3.8) is 0 Å². The Kier molecular flexibility index (Phi) is 12.4. The SMILES string of the molecule is C=C1[C@H](O[Si](C)(C)C(C)(C)C)CC(=C/C=C2\CCC[C@]3(C)[C@@H]([C@H](C)[C@@H](CC)CCCO)CC[C@@H]23)C[C@H]1O[Si](C)(C)C(C)(C)C. The highest BCUT2D eigenvalue weighted by atomic mass is 28.4. The molecule has 254 valence electrons. The van der Waals surface area contributed by atoms with E-state index >= 15 is 0 Å². The lowest BCUT2D eigenvalue weighted by molar-refractivity contribution is 0.0670. The molecule has 0 aliphatic heterocycles. The molecular formula is C39H72O3Si2. The van der Waals surface area contributed by atoms with Crippen molar-refractivity contribution < 1.29 is 14.0 Å². The van der Waals surface area contributed by atoms with Gasteiger partial charge in [-0.15, -0.1) is 0 Å². The van der Waals surface area contributed by atoms with Crippen molar-refractivity contribution in [2.75, 3.05) is 6.61 Å². The quantitative estimate of drug-likeness (QED) is 0.180. The van der Waals surface area contributed by atoms with Crippen LogP contribution in [-0.4, -0.2) is 40.6 Å². The molecule has 3 aliphatic carbocycles. The Balaban J connectivity index is 1.90. The Bertz CT molecular complexity index is 1000. The molecule has 0 bridgehead atoms. The number of allylic oxidation sites excluding steroid dienone is 3. The maximum absolute atomic E-state index is 9.50. The Morgan fingerprint density at radius 3 is 1.98 bits per heavy atom. The molecule has 0 spiro atoms. The molecule has 3 nitrogen and oxygen atoms in total. The van der Waals surface area contributed by atoms with Gasteiger partial charge in [0.2, 0.25) is 0 Å². The molecule has 0 heterocycles. The molecule has 0 radical (unpaired) electrons. The molecule has 3 fully saturated rings. The van der Waals surface area contributed by atoms with E-state index in [-0.39, 0.29) is 22.3 Å². The van der Waals surface area contributed by atoms with Crippen LogP contribution in [-0.2, 0) is 8.85 Å². The summed E-state index contributed by atoms with van der Waals surface area (Å²) >= 11 is 0. The van der Waals surface area contributed by atoms with E-state index in [2.05, 4.69) is 107 Å². The summed E-state index contributed by atoms with van der Waals surface area (Å²) < 4.78 is 14.2. The summed E-state index contributed by atoms with van der Waals surface area (Å²) in [5.74, 6) is 2.94. The van der Waals surface area contributed by atoms with Crippen LogP contribution < -0.4 is 0 Å². The van der Waals surface area contributed by atoms with Crippen molar-refractivity contribution in [1.29, 1.82) is 0 Å². The highest BCUT2D eigenvalue weighted by Crippen LogP contribution is 2.60. The van der Waals surface area contributed by atoms with Gasteiger partial charge < -0.3 is 14.0 Å². The van der Waals surface area contributed by atoms with Crippen LogP contribution in [0, 0.1) is 29.1 Å². The highest BCUT2D eigenvalue weighted by Gasteiger charge is 2.51. The van der Waals surface area contributed by atoms with Crippen molar-refractivity contribution in [1.82, 2.24) is 0 Å². The molecule has 3 saturated carbocycles. The number of hydrogen-bond donors (Lipinski definition) is 1. The van der Waals surface area contributed by atoms with Gasteiger partial charge in [0, 0.05) is 6.61 Å². The fraction of sp³-hybridized carbons (Fsp3) is 0.846. The number of aliphatic hydroxyl groups excluding tert-OH is 1. The fourth-order valence-corrected chi connectivity index (χ4v) is 11.0. The van der Waals surface area contributed by atoms with Crippen LogP contribution >= 0.6 is 0 Å². The van der Waals surface area contributed by atoms with Gasteiger partial charge in [0.05, 0.1) is 12.2 Å². The van der Waals surface area contributed by atoms with Crippen LogP contribution in [0.25, 0.3) is 0 Å². The number of rotatable bonds is 11. The van der Waals surface area contributed by atoms with Gasteiger partial charge in [-0.3, -0.25) is 0 Å². The molecule has 44 heavy (non-hydrogen) atoms. The maximum atomic E-state index is 9.50. The van der Waals surface area contributed by atoms with Gasteiger partial charge >= 0.3 is 0 Å². The van der Waals surface area contributed by atoms with E-state index in [1.807, 2.05) is 0 Å². The second kappa shape index (κ2) is 14.3. The van der Waals surface area contributed by atoms with Crippen LogP contribution in [0.15, 0.2) is 35.5 Å². The standard InChI is InChI=1S/C39H72O3Si2/c1-15-31(19-17-25-40)28(2)33-22-23-34-32(18-16-24-39(33,34)10)21-20-30-26-35(41-43(11,12)37(4,5)6)29(3)36(27-30)42-44(13,14)38(7,8)9/h20-21,28,31,33-36,40H,3,15-19,22-27H2,1-2,4-14H3/b32-21+/t28-,31+,33-,34+,35-,36-,39-/m1/s1. The third-order valence-electron chi connectivity index (χ3n) is 13.4. The normalized spacial score (nSPS) is 31.3. The molecule has 0 saturated heterocycles. The fourth-order valence-electron chi connectivity index (χ4n) is 8.35. The van der Waals surface area contributed by atoms with Crippen LogP contribution in [0.3, 0.4) is 0 Å². The third-order valence-corrected chi connectivity index (χ3v) is 22.4. The molecule has 5 heteroatoms. The lowest BCUT2D eigenvalue weighted by Gasteiger charge is -2.46. The average molecular weight is 645 g/mol. The Morgan fingerprint density at radius 1 is 0.955 bits per heavy atom. The zero-order valence-corrected chi connectivity index (χ0v) is 33.4. The highest BCUT2D eigenvalue weighted by molar-refractivity contribution is 6.74. The molecule has 0 aromatic carbocycles. The monoisotopic (exact) mass is 645 g/mol. The molecule has 0 aromatic heterocycles. The molecule has 3 rings (SSSR count). The van der Waals surface area contributed by atoms with Gasteiger partial charge in [0.1, 0.15) is 0 Å². The predicted molar refractivity (Wildman–Crippen MR) is 196 cm³/mol. The van der Waals surface area contributed by atoms with Gasteiger partial charge in [0.25, 0.3) is 0 Å². The lowest BCUT2D eigenvalue weighted by atomic mass is 9.59. The van der Waals surface area contributed by atoms with E-state index in [9.17, 15) is 5.11 Å². The van der Waals surface area contributed by atoms with Crippen molar-refractivity contribution in [2.45, 2.75) is 175 Å². The first-order valence-electron chi connectivity index (χ1n) is 18.2. The molecule has 3 aliphatic rings. The van der Waals surface area contributed by atoms with Crippen molar-refractivity contribution >= 4 is 16.6 Å². The molecule has 0 amide bonds. The summed E-state index contributed by atoms with van der Waals surface area (Å²) in [6.07, 6.45) is 16.9. The van der Waals surface area contributed by atoms with Gasteiger partial charge in [-0.25, -0.2) is 0 Å². The zero-order valence-electron chi connectivity index (χ0n) is 31.4. The minimum absolute atomic E-state index is 0.0299. The van der Waals surface area contributed by atoms with E-state index in [0.717, 1.165) is 42.6 Å². The van der Waals surface area contributed by atoms with E-state index in [1.165, 1.54) is 50.5 Å². The van der Waals surface area contributed by atoms with Crippen LogP contribution in [0.4, 0.5) is 0 Å². The second-order valence-electron chi connectivity index (χ2n) is 18.3. The van der Waals surface area contributed by atoms with E-state index in [1.54, 1.807) is 5.57 Å². The topological polar surface area (TPSA) is 38.7 Å². The smallest absolute Gasteiger partial charge is 0.192 e. The number of hydrogen-bond acceptors (Lipinski definition) is 3. The molecular weight excluding hydrogens is 573 g/mol. The summed E-state index contributed by atoms with van der Waals surface area (Å²) in [5, 5.41) is 9.81. The van der Waals surface area contributed by atoms with Crippen LogP contribution in [0.5, 0.6) is 0 Å². The van der Waals surface area contributed by atoms with E-state index < -0.39 is 16.6 Å². The second-order valence-corrected chi connectivity index (χ2v) is 27.8. The van der Waals surface area contributed by atoms with Gasteiger partial charge in [-0.2, -0.15) is 0 Å². The minimum Gasteiger partial charge on any atom is -0.410 e. The van der Waals surface area contributed by atoms with Crippen LogP contribution in [0.1, 0.15) is 127 Å². The minimum atomic E-state index is -1.97. The summed E-state index contributed by atoms with van der Waals surface area (Å²) in [5.41, 5.74) is 4.73. The Hall–Kier alpha value is -0.466. The van der Waals surface area contributed by atoms with E-state index in [0.29, 0.717) is 17.9 Å². The summed E-state index contributed by atoms with van der Waals surface area (Å²) in [4.78, 5) is 0. The Labute approximate surface area is 276 Å². The average Bonchev–Trinajstić information content (AvgIpc) is 3.26. The van der Waals surface area contributed by atoms with Gasteiger partial charge in [-0.1, -0.05) is 98.6 Å². The molecule has 1 N–H and O–H groups in total.